The van der Waals surface area contributed by atoms with Gasteiger partial charge >= 0.3 is 0 Å². The van der Waals surface area contributed by atoms with Gasteiger partial charge in [-0.05, 0) is 56.0 Å². The number of ether oxygens (including phenoxy) is 1. The third-order valence-electron chi connectivity index (χ3n) is 5.86. The van der Waals surface area contributed by atoms with Gasteiger partial charge in [0.1, 0.15) is 5.75 Å². The van der Waals surface area contributed by atoms with E-state index in [1.165, 1.54) is 5.56 Å². The summed E-state index contributed by atoms with van der Waals surface area (Å²) in [5, 5.41) is 0.734. The van der Waals surface area contributed by atoms with Crippen molar-refractivity contribution < 1.29 is 9.53 Å². The maximum absolute atomic E-state index is 13.7. The molecule has 0 aliphatic heterocycles. The van der Waals surface area contributed by atoms with Gasteiger partial charge in [-0.15, -0.1) is 0 Å². The van der Waals surface area contributed by atoms with Crippen LogP contribution in [0.5, 0.6) is 5.75 Å². The molecular weight excluding hydrogens is 444 g/mol. The number of unbranched alkanes of at least 4 members (excludes halogenated alkanes) is 2. The highest BCUT2D eigenvalue weighted by atomic mass is 32.1. The van der Waals surface area contributed by atoms with Gasteiger partial charge in [-0.25, -0.2) is 9.97 Å². The molecule has 0 atom stereocenters. The van der Waals surface area contributed by atoms with E-state index in [0.717, 1.165) is 58.9 Å². The summed E-state index contributed by atoms with van der Waals surface area (Å²) in [6.45, 7) is 8.34. The van der Waals surface area contributed by atoms with Gasteiger partial charge in [0.05, 0.1) is 23.2 Å². The van der Waals surface area contributed by atoms with Gasteiger partial charge in [-0.3, -0.25) is 9.69 Å². The SMILES string of the molecule is CCCCCOc1cccc(C(=O)N(CCCn2ccnc2)c2nc3c(C)ccc(C)c3s2)c1. The Morgan fingerprint density at radius 1 is 1.12 bits per heavy atom. The van der Waals surface area contributed by atoms with Crippen LogP contribution in [0.2, 0.25) is 0 Å². The number of benzene rings is 2. The summed E-state index contributed by atoms with van der Waals surface area (Å²) in [5.41, 5.74) is 3.89. The van der Waals surface area contributed by atoms with E-state index in [0.29, 0.717) is 18.7 Å². The Balaban J connectivity index is 1.59. The number of hydrogen-bond donors (Lipinski definition) is 0. The topological polar surface area (TPSA) is 60.2 Å². The lowest BCUT2D eigenvalue weighted by Crippen LogP contribution is -2.32. The molecule has 6 nitrogen and oxygen atoms in total. The Morgan fingerprint density at radius 2 is 1.97 bits per heavy atom. The molecule has 2 aromatic heterocycles. The van der Waals surface area contributed by atoms with Crippen LogP contribution in [0.15, 0.2) is 55.1 Å². The number of amides is 1. The maximum Gasteiger partial charge on any atom is 0.260 e. The molecule has 0 fully saturated rings. The number of anilines is 1. The van der Waals surface area contributed by atoms with E-state index >= 15 is 0 Å². The first-order valence-corrected chi connectivity index (χ1v) is 12.8. The van der Waals surface area contributed by atoms with Crippen LogP contribution in [-0.2, 0) is 6.54 Å². The molecule has 0 radical (unpaired) electrons. The molecule has 34 heavy (non-hydrogen) atoms. The zero-order valence-electron chi connectivity index (χ0n) is 20.2. The molecule has 0 saturated carbocycles. The smallest absolute Gasteiger partial charge is 0.260 e. The van der Waals surface area contributed by atoms with Gasteiger partial charge in [-0.1, -0.05) is 49.3 Å². The molecule has 0 aliphatic carbocycles. The van der Waals surface area contributed by atoms with Crippen molar-refractivity contribution in [1.82, 2.24) is 14.5 Å². The van der Waals surface area contributed by atoms with Crippen LogP contribution >= 0.6 is 11.3 Å². The second-order valence-electron chi connectivity index (χ2n) is 8.57. The number of rotatable bonds is 11. The molecule has 0 unspecified atom stereocenters. The van der Waals surface area contributed by atoms with Gasteiger partial charge in [0.15, 0.2) is 5.13 Å². The van der Waals surface area contributed by atoms with E-state index in [2.05, 4.69) is 37.9 Å². The quantitative estimate of drug-likeness (QED) is 0.235. The number of hydrogen-bond acceptors (Lipinski definition) is 5. The van der Waals surface area contributed by atoms with Crippen LogP contribution in [0, 0.1) is 13.8 Å². The van der Waals surface area contributed by atoms with Crippen LogP contribution in [0.4, 0.5) is 5.13 Å². The number of aryl methyl sites for hydroxylation is 3. The van der Waals surface area contributed by atoms with E-state index in [1.807, 2.05) is 39.9 Å². The molecule has 0 bridgehead atoms. The lowest BCUT2D eigenvalue weighted by molar-refractivity contribution is 0.0986. The third-order valence-corrected chi connectivity index (χ3v) is 7.08. The minimum Gasteiger partial charge on any atom is -0.494 e. The zero-order chi connectivity index (χ0) is 23.9. The number of aromatic nitrogens is 3. The van der Waals surface area contributed by atoms with Crippen LogP contribution in [0.25, 0.3) is 10.2 Å². The fraction of sp³-hybridized carbons (Fsp3) is 0.370. The van der Waals surface area contributed by atoms with Crippen molar-refractivity contribution in [3.05, 3.63) is 71.8 Å². The van der Waals surface area contributed by atoms with Crippen LogP contribution in [0.1, 0.15) is 54.1 Å². The summed E-state index contributed by atoms with van der Waals surface area (Å²) in [5.74, 6) is 0.676. The predicted molar refractivity (Wildman–Crippen MR) is 139 cm³/mol. The second kappa shape index (κ2) is 11.3. The Labute approximate surface area is 205 Å². The maximum atomic E-state index is 13.7. The lowest BCUT2D eigenvalue weighted by Gasteiger charge is -2.20. The number of thiazole rings is 1. The summed E-state index contributed by atoms with van der Waals surface area (Å²) in [4.78, 5) is 24.6. The summed E-state index contributed by atoms with van der Waals surface area (Å²) >= 11 is 1.58. The highest BCUT2D eigenvalue weighted by molar-refractivity contribution is 7.22. The summed E-state index contributed by atoms with van der Waals surface area (Å²) < 4.78 is 9.06. The summed E-state index contributed by atoms with van der Waals surface area (Å²) in [7, 11) is 0. The van der Waals surface area contributed by atoms with Gasteiger partial charge in [0.2, 0.25) is 0 Å². The number of nitrogens with zero attached hydrogens (tertiary/aromatic N) is 4. The van der Waals surface area contributed by atoms with Crippen molar-refractivity contribution in [2.45, 2.75) is 53.0 Å². The Morgan fingerprint density at radius 3 is 2.74 bits per heavy atom. The normalized spacial score (nSPS) is 11.1. The molecule has 0 N–H and O–H groups in total. The van der Waals surface area contributed by atoms with Gasteiger partial charge in [-0.2, -0.15) is 0 Å². The zero-order valence-corrected chi connectivity index (χ0v) is 21.0. The van der Waals surface area contributed by atoms with Crippen molar-refractivity contribution in [1.29, 1.82) is 0 Å². The molecule has 0 saturated heterocycles. The molecule has 1 amide bonds. The van der Waals surface area contributed by atoms with E-state index in [1.54, 1.807) is 23.9 Å². The highest BCUT2D eigenvalue weighted by Gasteiger charge is 2.22. The first-order chi connectivity index (χ1) is 16.6. The molecule has 4 aromatic rings. The molecule has 2 aromatic carbocycles. The first kappa shape index (κ1) is 24.0. The van der Waals surface area contributed by atoms with Gasteiger partial charge in [0, 0.05) is 31.0 Å². The summed E-state index contributed by atoms with van der Waals surface area (Å²) in [6, 6.07) is 11.7. The predicted octanol–water partition coefficient (Wildman–Crippen LogP) is 6.42. The monoisotopic (exact) mass is 476 g/mol. The van der Waals surface area contributed by atoms with Gasteiger partial charge < -0.3 is 9.30 Å². The summed E-state index contributed by atoms with van der Waals surface area (Å²) in [6.07, 6.45) is 9.61. The van der Waals surface area contributed by atoms with Crippen molar-refractivity contribution in [2.24, 2.45) is 0 Å². The molecular formula is C27H32N4O2S. The minimum absolute atomic E-state index is 0.0565. The van der Waals surface area contributed by atoms with Crippen molar-refractivity contribution in [3.63, 3.8) is 0 Å². The van der Waals surface area contributed by atoms with E-state index < -0.39 is 0 Å². The van der Waals surface area contributed by atoms with Crippen LogP contribution < -0.4 is 9.64 Å². The van der Waals surface area contributed by atoms with Crippen LogP contribution in [-0.4, -0.2) is 33.6 Å². The number of carbonyl (C=O) groups is 1. The average molecular weight is 477 g/mol. The molecule has 0 aliphatic rings. The molecule has 4 rings (SSSR count). The minimum atomic E-state index is -0.0565. The van der Waals surface area contributed by atoms with Crippen molar-refractivity contribution in [3.8, 4) is 5.75 Å². The van der Waals surface area contributed by atoms with Crippen molar-refractivity contribution in [2.75, 3.05) is 18.1 Å². The van der Waals surface area contributed by atoms with Crippen LogP contribution in [0.3, 0.4) is 0 Å². The third kappa shape index (κ3) is 5.65. The lowest BCUT2D eigenvalue weighted by atomic mass is 10.1. The number of imidazole rings is 1. The average Bonchev–Trinajstić information content (AvgIpc) is 3.53. The first-order valence-electron chi connectivity index (χ1n) is 11.9. The van der Waals surface area contributed by atoms with Gasteiger partial charge in [0.25, 0.3) is 5.91 Å². The Bertz CT molecular complexity index is 1190. The number of fused-ring (bicyclic) bond motifs is 1. The fourth-order valence-corrected chi connectivity index (χ4v) is 5.03. The standard InChI is InChI=1S/C27H32N4O2S/c1-4-5-6-17-33-23-10-7-9-22(18-23)26(32)31(15-8-14-30-16-13-28-19-30)27-29-24-20(2)11-12-21(3)25(24)34-27/h7,9-13,16,18-19H,4-6,8,14-15,17H2,1-3H3. The second-order valence-corrected chi connectivity index (χ2v) is 9.55. The Kier molecular flexibility index (Phi) is 7.95. The molecule has 0 spiro atoms. The fourth-order valence-electron chi connectivity index (χ4n) is 3.89. The number of carbonyl (C=O) groups excluding carboxylic acids is 1. The molecule has 178 valence electrons. The van der Waals surface area contributed by atoms with E-state index in [4.69, 9.17) is 9.72 Å². The van der Waals surface area contributed by atoms with E-state index in [9.17, 15) is 4.79 Å². The highest BCUT2D eigenvalue weighted by Crippen LogP contribution is 2.34. The molecule has 7 heteroatoms. The molecule has 2 heterocycles. The Hall–Kier alpha value is -3.19. The largest absolute Gasteiger partial charge is 0.494 e. The van der Waals surface area contributed by atoms with E-state index in [-0.39, 0.29) is 5.91 Å². The van der Waals surface area contributed by atoms with Crippen molar-refractivity contribution >= 4 is 32.6 Å².